The molecular formula is C20H22ClNO. The van der Waals surface area contributed by atoms with E-state index >= 15 is 0 Å². The Morgan fingerprint density at radius 2 is 1.74 bits per heavy atom. The van der Waals surface area contributed by atoms with E-state index in [1.807, 2.05) is 6.07 Å². The average Bonchev–Trinajstić information content (AvgIpc) is 2.59. The molecule has 2 aromatic carbocycles. The van der Waals surface area contributed by atoms with Crippen molar-refractivity contribution in [2.45, 2.75) is 37.6 Å². The van der Waals surface area contributed by atoms with Crippen LogP contribution in [0.5, 0.6) is 0 Å². The first-order valence-corrected chi connectivity index (χ1v) is 8.70. The summed E-state index contributed by atoms with van der Waals surface area (Å²) in [6.45, 7) is 2.23. The van der Waals surface area contributed by atoms with Crippen molar-refractivity contribution in [3.8, 4) is 0 Å². The quantitative estimate of drug-likeness (QED) is 0.836. The highest BCUT2D eigenvalue weighted by Gasteiger charge is 2.33. The highest BCUT2D eigenvalue weighted by molar-refractivity contribution is 6.27. The van der Waals surface area contributed by atoms with Crippen LogP contribution in [0.2, 0.25) is 0 Å². The molecule has 3 heteroatoms. The van der Waals surface area contributed by atoms with Crippen LogP contribution in [0, 0.1) is 0 Å². The van der Waals surface area contributed by atoms with Crippen molar-refractivity contribution in [1.29, 1.82) is 0 Å². The maximum atomic E-state index is 11.9. The van der Waals surface area contributed by atoms with Crippen LogP contribution in [0.1, 0.15) is 41.9 Å². The fourth-order valence-electron chi connectivity index (χ4n) is 3.71. The third kappa shape index (κ3) is 3.59. The van der Waals surface area contributed by atoms with Gasteiger partial charge in [0.15, 0.2) is 0 Å². The molecule has 0 heterocycles. The molecule has 0 aromatic heterocycles. The van der Waals surface area contributed by atoms with E-state index in [1.165, 1.54) is 16.7 Å². The van der Waals surface area contributed by atoms with Gasteiger partial charge < -0.3 is 5.32 Å². The fraction of sp³-hybridized carbons (Fsp3) is 0.350. The van der Waals surface area contributed by atoms with Crippen molar-refractivity contribution in [3.63, 3.8) is 0 Å². The molecule has 0 radical (unpaired) electrons. The summed E-state index contributed by atoms with van der Waals surface area (Å²) in [7, 11) is 0. The minimum atomic E-state index is -0.0821. The molecule has 120 valence electrons. The number of alkyl halides is 1. The Bertz CT molecular complexity index is 670. The molecule has 3 rings (SSSR count). The largest absolute Gasteiger partial charge is 0.352 e. The van der Waals surface area contributed by atoms with Gasteiger partial charge in [0, 0.05) is 12.0 Å². The molecule has 2 aromatic rings. The van der Waals surface area contributed by atoms with Crippen LogP contribution in [0.3, 0.4) is 0 Å². The summed E-state index contributed by atoms with van der Waals surface area (Å²) in [6, 6.07) is 19.2. The molecule has 1 aliphatic carbocycles. The fourth-order valence-corrected chi connectivity index (χ4v) is 3.79. The number of fused-ring (bicyclic) bond motifs is 1. The summed E-state index contributed by atoms with van der Waals surface area (Å²) in [6.07, 6.45) is 1.88. The Morgan fingerprint density at radius 1 is 1.09 bits per heavy atom. The molecule has 1 N–H and O–H groups in total. The summed E-state index contributed by atoms with van der Waals surface area (Å²) in [5, 5.41) is 3.14. The lowest BCUT2D eigenvalue weighted by Gasteiger charge is -2.37. The minimum Gasteiger partial charge on any atom is -0.352 e. The van der Waals surface area contributed by atoms with Crippen LogP contribution in [-0.2, 0) is 11.2 Å². The summed E-state index contributed by atoms with van der Waals surface area (Å²) >= 11 is 5.70. The van der Waals surface area contributed by atoms with Gasteiger partial charge in [0.05, 0.1) is 0 Å². The lowest BCUT2D eigenvalue weighted by atomic mass is 9.72. The SMILES string of the molecule is CC1CC(NC(=O)CCl)C(Cc2ccccc2)c2ccccc21. The third-order valence-corrected chi connectivity index (χ3v) is 5.03. The van der Waals surface area contributed by atoms with Crippen molar-refractivity contribution in [2.75, 3.05) is 5.88 Å². The third-order valence-electron chi connectivity index (χ3n) is 4.79. The van der Waals surface area contributed by atoms with Crippen molar-refractivity contribution in [1.82, 2.24) is 5.32 Å². The first kappa shape index (κ1) is 16.1. The van der Waals surface area contributed by atoms with Crippen LogP contribution in [-0.4, -0.2) is 17.8 Å². The summed E-state index contributed by atoms with van der Waals surface area (Å²) in [5.74, 6) is 0.669. The van der Waals surface area contributed by atoms with E-state index < -0.39 is 0 Å². The maximum absolute atomic E-state index is 11.9. The van der Waals surface area contributed by atoms with Crippen LogP contribution in [0.15, 0.2) is 54.6 Å². The molecule has 0 spiro atoms. The second-order valence-corrected chi connectivity index (χ2v) is 6.64. The Labute approximate surface area is 142 Å². The lowest BCUT2D eigenvalue weighted by Crippen LogP contribution is -2.43. The number of hydrogen-bond donors (Lipinski definition) is 1. The molecule has 0 bridgehead atoms. The Morgan fingerprint density at radius 3 is 2.43 bits per heavy atom. The smallest absolute Gasteiger partial charge is 0.235 e. The van der Waals surface area contributed by atoms with Gasteiger partial charge in [-0.1, -0.05) is 61.5 Å². The zero-order valence-electron chi connectivity index (χ0n) is 13.3. The number of halogens is 1. The van der Waals surface area contributed by atoms with Crippen molar-refractivity contribution in [2.24, 2.45) is 0 Å². The van der Waals surface area contributed by atoms with Crippen LogP contribution < -0.4 is 5.32 Å². The van der Waals surface area contributed by atoms with Gasteiger partial charge in [0.2, 0.25) is 5.91 Å². The standard InChI is InChI=1S/C20H22ClNO/c1-14-11-19(22-20(23)13-21)18(12-15-7-3-2-4-8-15)17-10-6-5-9-16(14)17/h2-10,14,18-19H,11-13H2,1H3,(H,22,23). The molecular weight excluding hydrogens is 306 g/mol. The van der Waals surface area contributed by atoms with E-state index in [2.05, 4.69) is 60.8 Å². The van der Waals surface area contributed by atoms with E-state index in [1.54, 1.807) is 0 Å². The predicted octanol–water partition coefficient (Wildman–Crippen LogP) is 4.24. The molecule has 3 atom stereocenters. The molecule has 0 saturated carbocycles. The number of carbonyl (C=O) groups is 1. The topological polar surface area (TPSA) is 29.1 Å². The number of amides is 1. The van der Waals surface area contributed by atoms with Crippen LogP contribution >= 0.6 is 11.6 Å². The summed E-state index contributed by atoms with van der Waals surface area (Å²) in [4.78, 5) is 11.9. The Balaban J connectivity index is 1.94. The number of benzene rings is 2. The summed E-state index contributed by atoms with van der Waals surface area (Å²) < 4.78 is 0. The number of hydrogen-bond acceptors (Lipinski definition) is 1. The maximum Gasteiger partial charge on any atom is 0.235 e. The first-order valence-electron chi connectivity index (χ1n) is 8.17. The highest BCUT2D eigenvalue weighted by Crippen LogP contribution is 2.40. The normalized spacial score (nSPS) is 23.1. The Kier molecular flexibility index (Phi) is 5.02. The second kappa shape index (κ2) is 7.18. The van der Waals surface area contributed by atoms with E-state index in [4.69, 9.17) is 11.6 Å². The molecule has 0 saturated heterocycles. The Hall–Kier alpha value is -1.80. The van der Waals surface area contributed by atoms with E-state index in [0.717, 1.165) is 12.8 Å². The number of rotatable bonds is 4. The molecule has 1 aliphatic rings. The molecule has 0 fully saturated rings. The zero-order chi connectivity index (χ0) is 16.2. The van der Waals surface area contributed by atoms with Gasteiger partial charge >= 0.3 is 0 Å². The minimum absolute atomic E-state index is 0.0184. The molecule has 2 nitrogen and oxygen atoms in total. The van der Waals surface area contributed by atoms with Gasteiger partial charge in [-0.2, -0.15) is 0 Å². The van der Waals surface area contributed by atoms with Gasteiger partial charge in [0.1, 0.15) is 5.88 Å². The number of nitrogens with one attached hydrogen (secondary N) is 1. The first-order chi connectivity index (χ1) is 11.2. The molecule has 23 heavy (non-hydrogen) atoms. The second-order valence-electron chi connectivity index (χ2n) is 6.37. The lowest BCUT2D eigenvalue weighted by molar-refractivity contribution is -0.119. The summed E-state index contributed by atoms with van der Waals surface area (Å²) in [5.41, 5.74) is 4.06. The molecule has 1 amide bonds. The van der Waals surface area contributed by atoms with Crippen molar-refractivity contribution in [3.05, 3.63) is 71.3 Å². The number of carbonyl (C=O) groups excluding carboxylic acids is 1. The van der Waals surface area contributed by atoms with E-state index in [0.29, 0.717) is 5.92 Å². The van der Waals surface area contributed by atoms with E-state index in [-0.39, 0.29) is 23.7 Å². The van der Waals surface area contributed by atoms with Gasteiger partial charge in [0.25, 0.3) is 0 Å². The van der Waals surface area contributed by atoms with Crippen LogP contribution in [0.4, 0.5) is 0 Å². The highest BCUT2D eigenvalue weighted by atomic mass is 35.5. The zero-order valence-corrected chi connectivity index (χ0v) is 14.1. The molecule has 3 unspecified atom stereocenters. The van der Waals surface area contributed by atoms with Gasteiger partial charge in [-0.25, -0.2) is 0 Å². The predicted molar refractivity (Wildman–Crippen MR) is 95.0 cm³/mol. The monoisotopic (exact) mass is 327 g/mol. The average molecular weight is 328 g/mol. The van der Waals surface area contributed by atoms with Crippen LogP contribution in [0.25, 0.3) is 0 Å². The van der Waals surface area contributed by atoms with Gasteiger partial charge in [-0.3, -0.25) is 4.79 Å². The van der Waals surface area contributed by atoms with Crippen molar-refractivity contribution < 1.29 is 4.79 Å². The molecule has 0 aliphatic heterocycles. The van der Waals surface area contributed by atoms with Gasteiger partial charge in [-0.15, -0.1) is 11.6 Å². The van der Waals surface area contributed by atoms with Gasteiger partial charge in [-0.05, 0) is 35.4 Å². The van der Waals surface area contributed by atoms with Crippen molar-refractivity contribution >= 4 is 17.5 Å². The van der Waals surface area contributed by atoms with E-state index in [9.17, 15) is 4.79 Å².